The molecule has 2 rings (SSSR count). The number of anilines is 2. The smallest absolute Gasteiger partial charge is 0.0649 e. The SMILES string of the molecule is Cc1nn(C)c(C)c1C(C)Nc1ccc(N(C)CCO)cc1. The summed E-state index contributed by atoms with van der Waals surface area (Å²) in [4.78, 5) is 2.03. The lowest BCUT2D eigenvalue weighted by Gasteiger charge is -2.20. The van der Waals surface area contributed by atoms with Crippen LogP contribution in [-0.4, -0.2) is 35.1 Å². The molecule has 5 nitrogen and oxygen atoms in total. The van der Waals surface area contributed by atoms with Crippen LogP contribution in [-0.2, 0) is 7.05 Å². The largest absolute Gasteiger partial charge is 0.395 e. The van der Waals surface area contributed by atoms with E-state index in [9.17, 15) is 0 Å². The normalized spacial score (nSPS) is 12.3. The minimum Gasteiger partial charge on any atom is -0.395 e. The van der Waals surface area contributed by atoms with Crippen LogP contribution in [0.1, 0.15) is 29.9 Å². The van der Waals surface area contributed by atoms with Crippen molar-refractivity contribution in [3.05, 3.63) is 41.2 Å². The summed E-state index contributed by atoms with van der Waals surface area (Å²) in [7, 11) is 3.95. The van der Waals surface area contributed by atoms with Crippen LogP contribution in [0.4, 0.5) is 11.4 Å². The van der Waals surface area contributed by atoms with E-state index in [1.807, 2.05) is 30.6 Å². The summed E-state index contributed by atoms with van der Waals surface area (Å²) >= 11 is 0. The molecule has 0 aliphatic heterocycles. The first kappa shape index (κ1) is 16.4. The van der Waals surface area contributed by atoms with Gasteiger partial charge in [0.2, 0.25) is 0 Å². The second-order valence-electron chi connectivity index (χ2n) is 5.77. The monoisotopic (exact) mass is 302 g/mol. The summed E-state index contributed by atoms with van der Waals surface area (Å²) in [6.45, 7) is 7.10. The van der Waals surface area contributed by atoms with Crippen LogP contribution in [0.15, 0.2) is 24.3 Å². The number of aliphatic hydroxyl groups is 1. The van der Waals surface area contributed by atoms with Crippen LogP contribution in [0, 0.1) is 13.8 Å². The molecule has 0 aliphatic rings. The Morgan fingerprint density at radius 1 is 1.27 bits per heavy atom. The molecule has 2 aromatic rings. The molecule has 1 atom stereocenters. The van der Waals surface area contributed by atoms with Crippen molar-refractivity contribution in [2.45, 2.75) is 26.8 Å². The fourth-order valence-corrected chi connectivity index (χ4v) is 2.83. The molecule has 0 saturated carbocycles. The summed E-state index contributed by atoms with van der Waals surface area (Å²) in [6, 6.07) is 8.47. The van der Waals surface area contributed by atoms with Crippen LogP contribution >= 0.6 is 0 Å². The first-order valence-electron chi connectivity index (χ1n) is 7.62. The standard InChI is InChI=1S/C17H26N4O/c1-12(17-13(2)19-21(5)14(17)3)18-15-6-8-16(9-7-15)20(4)10-11-22/h6-9,12,18,22H,10-11H2,1-5H3. The number of hydrogen-bond donors (Lipinski definition) is 2. The Kier molecular flexibility index (Phi) is 5.08. The molecule has 0 amide bonds. The number of aryl methyl sites for hydroxylation is 2. The topological polar surface area (TPSA) is 53.3 Å². The highest BCUT2D eigenvalue weighted by atomic mass is 16.3. The molecule has 1 unspecified atom stereocenters. The molecular weight excluding hydrogens is 276 g/mol. The Morgan fingerprint density at radius 2 is 1.91 bits per heavy atom. The second-order valence-corrected chi connectivity index (χ2v) is 5.77. The zero-order valence-electron chi connectivity index (χ0n) is 14.1. The summed E-state index contributed by atoms with van der Waals surface area (Å²) in [5, 5.41) is 17.0. The van der Waals surface area contributed by atoms with Gasteiger partial charge in [-0.05, 0) is 45.0 Å². The fourth-order valence-electron chi connectivity index (χ4n) is 2.83. The van der Waals surface area contributed by atoms with Crippen molar-refractivity contribution < 1.29 is 5.11 Å². The van der Waals surface area contributed by atoms with E-state index in [0.29, 0.717) is 6.54 Å². The van der Waals surface area contributed by atoms with Crippen LogP contribution in [0.5, 0.6) is 0 Å². The van der Waals surface area contributed by atoms with E-state index >= 15 is 0 Å². The Bertz CT molecular complexity index is 618. The van der Waals surface area contributed by atoms with Crippen molar-refractivity contribution in [3.63, 3.8) is 0 Å². The second kappa shape index (κ2) is 6.83. The zero-order valence-corrected chi connectivity index (χ0v) is 14.1. The minimum absolute atomic E-state index is 0.160. The third-order valence-corrected chi connectivity index (χ3v) is 4.12. The average molecular weight is 302 g/mol. The van der Waals surface area contributed by atoms with Crippen LogP contribution < -0.4 is 10.2 Å². The van der Waals surface area contributed by atoms with E-state index in [1.165, 1.54) is 11.3 Å². The highest BCUT2D eigenvalue weighted by Crippen LogP contribution is 2.25. The van der Waals surface area contributed by atoms with Gasteiger partial charge >= 0.3 is 0 Å². The third kappa shape index (κ3) is 3.42. The molecule has 120 valence electrons. The molecule has 0 aliphatic carbocycles. The van der Waals surface area contributed by atoms with E-state index in [-0.39, 0.29) is 12.6 Å². The molecule has 1 aromatic carbocycles. The fraction of sp³-hybridized carbons (Fsp3) is 0.471. The number of rotatable bonds is 6. The van der Waals surface area contributed by atoms with Gasteiger partial charge in [-0.25, -0.2) is 0 Å². The summed E-state index contributed by atoms with van der Waals surface area (Å²) in [6.07, 6.45) is 0. The van der Waals surface area contributed by atoms with Crippen molar-refractivity contribution in [2.24, 2.45) is 7.05 Å². The van der Waals surface area contributed by atoms with E-state index in [2.05, 4.69) is 48.5 Å². The number of likely N-dealkylation sites (N-methyl/N-ethyl adjacent to an activating group) is 1. The van der Waals surface area contributed by atoms with Gasteiger partial charge in [0.05, 0.1) is 18.3 Å². The van der Waals surface area contributed by atoms with Gasteiger partial charge in [0.1, 0.15) is 0 Å². The number of aromatic nitrogens is 2. The van der Waals surface area contributed by atoms with E-state index < -0.39 is 0 Å². The minimum atomic E-state index is 0.160. The Balaban J connectivity index is 2.10. The maximum absolute atomic E-state index is 8.99. The molecule has 0 spiro atoms. The predicted molar refractivity (Wildman–Crippen MR) is 91.5 cm³/mol. The third-order valence-electron chi connectivity index (χ3n) is 4.12. The van der Waals surface area contributed by atoms with Crippen LogP contribution in [0.3, 0.4) is 0 Å². The van der Waals surface area contributed by atoms with Crippen molar-refractivity contribution >= 4 is 11.4 Å². The van der Waals surface area contributed by atoms with Gasteiger partial charge in [-0.15, -0.1) is 0 Å². The van der Waals surface area contributed by atoms with E-state index in [4.69, 9.17) is 5.11 Å². The maximum Gasteiger partial charge on any atom is 0.0649 e. The molecule has 5 heteroatoms. The van der Waals surface area contributed by atoms with Gasteiger partial charge in [0, 0.05) is 43.3 Å². The lowest BCUT2D eigenvalue weighted by atomic mass is 10.1. The maximum atomic E-state index is 8.99. The Labute approximate surface area is 132 Å². The lowest BCUT2D eigenvalue weighted by molar-refractivity contribution is 0.304. The molecule has 22 heavy (non-hydrogen) atoms. The molecule has 1 heterocycles. The molecule has 0 bridgehead atoms. The summed E-state index contributed by atoms with van der Waals surface area (Å²) in [5.74, 6) is 0. The van der Waals surface area contributed by atoms with Gasteiger partial charge in [-0.2, -0.15) is 5.10 Å². The highest BCUT2D eigenvalue weighted by Gasteiger charge is 2.16. The first-order chi connectivity index (χ1) is 10.4. The molecule has 1 aromatic heterocycles. The van der Waals surface area contributed by atoms with Crippen molar-refractivity contribution in [1.29, 1.82) is 0 Å². The number of nitrogens with one attached hydrogen (secondary N) is 1. The van der Waals surface area contributed by atoms with Crippen LogP contribution in [0.2, 0.25) is 0 Å². The molecule has 0 saturated heterocycles. The molecule has 0 fully saturated rings. The van der Waals surface area contributed by atoms with Crippen LogP contribution in [0.25, 0.3) is 0 Å². The van der Waals surface area contributed by atoms with Gasteiger partial charge in [0.25, 0.3) is 0 Å². The summed E-state index contributed by atoms with van der Waals surface area (Å²) < 4.78 is 1.93. The molecule has 2 N–H and O–H groups in total. The van der Waals surface area contributed by atoms with E-state index in [1.54, 1.807) is 0 Å². The molecular formula is C17H26N4O. The van der Waals surface area contributed by atoms with E-state index in [0.717, 1.165) is 17.1 Å². The summed E-state index contributed by atoms with van der Waals surface area (Å²) in [5.41, 5.74) is 5.69. The zero-order chi connectivity index (χ0) is 16.3. The average Bonchev–Trinajstić information content (AvgIpc) is 2.73. The van der Waals surface area contributed by atoms with Crippen molar-refractivity contribution in [3.8, 4) is 0 Å². The quantitative estimate of drug-likeness (QED) is 0.861. The Morgan fingerprint density at radius 3 is 2.41 bits per heavy atom. The van der Waals surface area contributed by atoms with Gasteiger partial charge in [-0.1, -0.05) is 0 Å². The van der Waals surface area contributed by atoms with Gasteiger partial charge < -0.3 is 15.3 Å². The number of aliphatic hydroxyl groups excluding tert-OH is 1. The lowest BCUT2D eigenvalue weighted by Crippen LogP contribution is -2.20. The van der Waals surface area contributed by atoms with Crippen molar-refractivity contribution in [1.82, 2.24) is 9.78 Å². The number of nitrogens with zero attached hydrogens (tertiary/aromatic N) is 3. The Hall–Kier alpha value is -2.01. The van der Waals surface area contributed by atoms with Crippen molar-refractivity contribution in [2.75, 3.05) is 30.4 Å². The molecule has 0 radical (unpaired) electrons. The highest BCUT2D eigenvalue weighted by molar-refractivity contribution is 5.55. The van der Waals surface area contributed by atoms with Gasteiger partial charge in [0.15, 0.2) is 0 Å². The number of hydrogen-bond acceptors (Lipinski definition) is 4. The first-order valence-corrected chi connectivity index (χ1v) is 7.62. The number of benzene rings is 1. The predicted octanol–water partition coefficient (Wildman–Crippen LogP) is 2.64. The van der Waals surface area contributed by atoms with Gasteiger partial charge in [-0.3, -0.25) is 4.68 Å².